The van der Waals surface area contributed by atoms with Crippen LogP contribution in [-0.4, -0.2) is 23.8 Å². The highest BCUT2D eigenvalue weighted by Crippen LogP contribution is 2.07. The van der Waals surface area contributed by atoms with Gasteiger partial charge in [0.15, 0.2) is 0 Å². The maximum atomic E-state index is 10.7. The Morgan fingerprint density at radius 3 is 2.85 bits per heavy atom. The molecule has 1 aliphatic rings. The summed E-state index contributed by atoms with van der Waals surface area (Å²) in [5, 5.41) is 16.1. The SMILES string of the molecule is NCCNC1([N+](=O)[O-])C=CC=CN1. The number of hydrogen-bond acceptors (Lipinski definition) is 5. The summed E-state index contributed by atoms with van der Waals surface area (Å²) in [5.74, 6) is -1.39. The molecule has 1 rings (SSSR count). The molecular weight excluding hydrogens is 172 g/mol. The lowest BCUT2D eigenvalue weighted by Gasteiger charge is -2.24. The molecule has 1 aliphatic heterocycles. The quantitative estimate of drug-likeness (QED) is 0.300. The van der Waals surface area contributed by atoms with Crippen LogP contribution in [-0.2, 0) is 0 Å². The van der Waals surface area contributed by atoms with Crippen molar-refractivity contribution in [3.05, 3.63) is 34.5 Å². The first-order valence-corrected chi connectivity index (χ1v) is 3.93. The van der Waals surface area contributed by atoms with Crippen molar-refractivity contribution in [2.45, 2.75) is 5.79 Å². The first-order valence-electron chi connectivity index (χ1n) is 3.93. The largest absolute Gasteiger partial charge is 0.372 e. The highest BCUT2D eigenvalue weighted by Gasteiger charge is 2.38. The van der Waals surface area contributed by atoms with E-state index >= 15 is 0 Å². The van der Waals surface area contributed by atoms with E-state index in [1.54, 1.807) is 12.2 Å². The smallest absolute Gasteiger partial charge is 0.329 e. The summed E-state index contributed by atoms with van der Waals surface area (Å²) in [4.78, 5) is 10.3. The van der Waals surface area contributed by atoms with Crippen molar-refractivity contribution in [2.24, 2.45) is 5.73 Å². The molecular formula is C7H12N4O2. The van der Waals surface area contributed by atoms with Crippen molar-refractivity contribution in [1.82, 2.24) is 10.6 Å². The fourth-order valence-corrected chi connectivity index (χ4v) is 1.02. The van der Waals surface area contributed by atoms with Gasteiger partial charge in [0.25, 0.3) is 0 Å². The van der Waals surface area contributed by atoms with E-state index in [4.69, 9.17) is 5.73 Å². The third kappa shape index (κ3) is 2.04. The highest BCUT2D eigenvalue weighted by molar-refractivity contribution is 5.14. The molecule has 1 heterocycles. The Morgan fingerprint density at radius 1 is 1.62 bits per heavy atom. The van der Waals surface area contributed by atoms with Crippen LogP contribution < -0.4 is 16.4 Å². The zero-order valence-corrected chi connectivity index (χ0v) is 7.06. The van der Waals surface area contributed by atoms with Crippen LogP contribution in [0.2, 0.25) is 0 Å². The Morgan fingerprint density at radius 2 is 2.38 bits per heavy atom. The molecule has 72 valence electrons. The second-order valence-corrected chi connectivity index (χ2v) is 2.60. The highest BCUT2D eigenvalue weighted by atomic mass is 16.6. The fraction of sp³-hybridized carbons (Fsp3) is 0.429. The number of rotatable bonds is 4. The van der Waals surface area contributed by atoms with E-state index in [-0.39, 0.29) is 0 Å². The molecule has 0 aromatic heterocycles. The minimum atomic E-state index is -1.39. The average Bonchev–Trinajstić information content (AvgIpc) is 2.16. The number of dihydropyridines is 1. The Balaban J connectivity index is 2.70. The van der Waals surface area contributed by atoms with Gasteiger partial charge in [-0.3, -0.25) is 10.1 Å². The van der Waals surface area contributed by atoms with E-state index in [1.165, 1.54) is 12.3 Å². The summed E-state index contributed by atoms with van der Waals surface area (Å²) in [7, 11) is 0. The zero-order valence-electron chi connectivity index (χ0n) is 7.06. The second-order valence-electron chi connectivity index (χ2n) is 2.60. The van der Waals surface area contributed by atoms with E-state index in [2.05, 4.69) is 10.6 Å². The van der Waals surface area contributed by atoms with Crippen molar-refractivity contribution in [3.8, 4) is 0 Å². The molecule has 4 N–H and O–H groups in total. The predicted molar refractivity (Wildman–Crippen MR) is 48.2 cm³/mol. The molecule has 0 aromatic rings. The number of nitrogens with one attached hydrogen (secondary N) is 2. The Hall–Kier alpha value is -1.40. The van der Waals surface area contributed by atoms with Gasteiger partial charge in [-0.2, -0.15) is 0 Å². The lowest BCUT2D eigenvalue weighted by atomic mass is 10.2. The van der Waals surface area contributed by atoms with Crippen LogP contribution in [0.3, 0.4) is 0 Å². The van der Waals surface area contributed by atoms with Crippen LogP contribution in [0.25, 0.3) is 0 Å². The summed E-state index contributed by atoms with van der Waals surface area (Å²) >= 11 is 0. The molecule has 0 bridgehead atoms. The van der Waals surface area contributed by atoms with Crippen LogP contribution >= 0.6 is 0 Å². The maximum Gasteiger partial charge on any atom is 0.372 e. The van der Waals surface area contributed by atoms with Crippen molar-refractivity contribution in [2.75, 3.05) is 13.1 Å². The Kier molecular flexibility index (Phi) is 2.99. The Labute approximate surface area is 75.6 Å². The van der Waals surface area contributed by atoms with Crippen LogP contribution in [0.4, 0.5) is 0 Å². The maximum absolute atomic E-state index is 10.7. The van der Waals surface area contributed by atoms with Gasteiger partial charge in [0.2, 0.25) is 0 Å². The number of hydrogen-bond donors (Lipinski definition) is 3. The zero-order chi connectivity index (χ0) is 9.73. The minimum Gasteiger partial charge on any atom is -0.329 e. The van der Waals surface area contributed by atoms with Crippen LogP contribution in [0.1, 0.15) is 0 Å². The normalized spacial score (nSPS) is 25.6. The van der Waals surface area contributed by atoms with E-state index in [1.807, 2.05) is 0 Å². The standard InChI is InChI=1S/C7H12N4O2/c8-4-6-10-7(11(12)13)3-1-2-5-9-7/h1-3,5,9-10H,4,6,8H2. The van der Waals surface area contributed by atoms with E-state index in [9.17, 15) is 10.1 Å². The van der Waals surface area contributed by atoms with Crippen molar-refractivity contribution in [3.63, 3.8) is 0 Å². The van der Waals surface area contributed by atoms with Gasteiger partial charge >= 0.3 is 5.79 Å². The van der Waals surface area contributed by atoms with Gasteiger partial charge < -0.3 is 11.1 Å². The molecule has 0 spiro atoms. The molecule has 0 saturated heterocycles. The molecule has 0 aromatic carbocycles. The number of nitrogens with zero attached hydrogens (tertiary/aromatic N) is 1. The third-order valence-corrected chi connectivity index (χ3v) is 1.67. The summed E-state index contributed by atoms with van der Waals surface area (Å²) in [6, 6.07) is 0. The van der Waals surface area contributed by atoms with E-state index in [0.717, 1.165) is 0 Å². The molecule has 0 radical (unpaired) electrons. The third-order valence-electron chi connectivity index (χ3n) is 1.67. The van der Waals surface area contributed by atoms with Crippen molar-refractivity contribution < 1.29 is 4.92 Å². The lowest BCUT2D eigenvalue weighted by Crippen LogP contribution is -2.60. The summed E-state index contributed by atoms with van der Waals surface area (Å²) in [6.45, 7) is 0.737. The molecule has 0 fully saturated rings. The fourth-order valence-electron chi connectivity index (χ4n) is 1.02. The van der Waals surface area contributed by atoms with Crippen LogP contribution in [0.15, 0.2) is 24.4 Å². The van der Waals surface area contributed by atoms with Crippen molar-refractivity contribution in [1.29, 1.82) is 0 Å². The predicted octanol–water partition coefficient (Wildman–Crippen LogP) is -0.862. The first kappa shape index (κ1) is 9.69. The molecule has 13 heavy (non-hydrogen) atoms. The van der Waals surface area contributed by atoms with Crippen LogP contribution in [0, 0.1) is 10.1 Å². The average molecular weight is 184 g/mol. The number of nitrogens with two attached hydrogens (primary N) is 1. The molecule has 0 saturated carbocycles. The summed E-state index contributed by atoms with van der Waals surface area (Å²) < 4.78 is 0. The Bertz CT molecular complexity index is 251. The van der Waals surface area contributed by atoms with Gasteiger partial charge in [-0.15, -0.1) is 0 Å². The molecule has 1 unspecified atom stereocenters. The van der Waals surface area contributed by atoms with E-state index in [0.29, 0.717) is 13.1 Å². The van der Waals surface area contributed by atoms with Gasteiger partial charge in [-0.05, 0) is 6.08 Å². The first-order chi connectivity index (χ1) is 6.21. The van der Waals surface area contributed by atoms with Crippen molar-refractivity contribution >= 4 is 0 Å². The molecule has 0 aliphatic carbocycles. The minimum absolute atomic E-state index is 0.356. The van der Waals surface area contributed by atoms with Gasteiger partial charge in [0.05, 0.1) is 4.92 Å². The van der Waals surface area contributed by atoms with Gasteiger partial charge in [-0.1, -0.05) is 6.08 Å². The van der Waals surface area contributed by atoms with Gasteiger partial charge in [-0.25, -0.2) is 5.32 Å². The number of nitro groups is 1. The van der Waals surface area contributed by atoms with Gasteiger partial charge in [0, 0.05) is 25.4 Å². The lowest BCUT2D eigenvalue weighted by molar-refractivity contribution is -0.569. The number of allylic oxidation sites excluding steroid dienone is 2. The monoisotopic (exact) mass is 184 g/mol. The molecule has 1 atom stereocenters. The van der Waals surface area contributed by atoms with Crippen LogP contribution in [0.5, 0.6) is 0 Å². The second kappa shape index (κ2) is 4.01. The summed E-state index contributed by atoms with van der Waals surface area (Å²) in [6.07, 6.45) is 6.27. The molecule has 6 nitrogen and oxygen atoms in total. The molecule has 6 heteroatoms. The van der Waals surface area contributed by atoms with Gasteiger partial charge in [0.1, 0.15) is 0 Å². The topological polar surface area (TPSA) is 93.2 Å². The summed E-state index contributed by atoms with van der Waals surface area (Å²) in [5.41, 5.74) is 5.25. The molecule has 0 amide bonds. The van der Waals surface area contributed by atoms with E-state index < -0.39 is 10.7 Å².